The van der Waals surface area contributed by atoms with E-state index in [1.54, 1.807) is 0 Å². The molecule has 0 unspecified atom stereocenters. The quantitative estimate of drug-likeness (QED) is 0.771. The number of aliphatic hydroxyl groups excluding tert-OH is 1. The molecule has 116 valence electrons. The van der Waals surface area contributed by atoms with Crippen LogP contribution in [0.15, 0.2) is 0 Å². The lowest BCUT2D eigenvalue weighted by molar-refractivity contribution is -0.422. The molecule has 0 aliphatic carbocycles. The van der Waals surface area contributed by atoms with Crippen molar-refractivity contribution in [1.82, 2.24) is 0 Å². The number of hydrogen-bond acceptors (Lipinski definition) is 1. The lowest BCUT2D eigenvalue weighted by atomic mass is 9.96. The lowest BCUT2D eigenvalue weighted by Gasteiger charge is -2.37. The first-order valence-corrected chi connectivity index (χ1v) is 4.25. The number of alkyl halides is 11. The minimum atomic E-state index is -7.39. The molecule has 0 spiro atoms. The molecule has 12 heteroatoms. The topological polar surface area (TPSA) is 20.2 Å². The zero-order valence-corrected chi connectivity index (χ0v) is 8.52. The number of rotatable bonds is 5. The first kappa shape index (κ1) is 18.2. The van der Waals surface area contributed by atoms with Gasteiger partial charge in [-0.25, -0.2) is 0 Å². The van der Waals surface area contributed by atoms with E-state index < -0.39 is 42.9 Å². The zero-order valence-electron chi connectivity index (χ0n) is 8.52. The van der Waals surface area contributed by atoms with Gasteiger partial charge in [0, 0.05) is 13.0 Å². The van der Waals surface area contributed by atoms with E-state index >= 15 is 0 Å². The van der Waals surface area contributed by atoms with Gasteiger partial charge in [-0.15, -0.1) is 0 Å². The van der Waals surface area contributed by atoms with Gasteiger partial charge < -0.3 is 5.11 Å². The molecule has 0 aliphatic rings. The van der Waals surface area contributed by atoms with Crippen LogP contribution in [0, 0.1) is 0 Å². The molecule has 0 aromatic rings. The number of hydrogen-bond donors (Lipinski definition) is 1. The molecule has 0 aliphatic heterocycles. The van der Waals surface area contributed by atoms with E-state index in [-0.39, 0.29) is 0 Å². The molecule has 0 amide bonds. The van der Waals surface area contributed by atoms with Crippen LogP contribution in [-0.4, -0.2) is 41.6 Å². The Morgan fingerprint density at radius 3 is 1.21 bits per heavy atom. The Morgan fingerprint density at radius 1 is 0.579 bits per heavy atom. The summed E-state index contributed by atoms with van der Waals surface area (Å²) in [6.45, 7) is -1.82. The van der Waals surface area contributed by atoms with Gasteiger partial charge in [-0.2, -0.15) is 48.3 Å². The van der Waals surface area contributed by atoms with E-state index in [9.17, 15) is 48.3 Å². The van der Waals surface area contributed by atoms with E-state index in [4.69, 9.17) is 5.11 Å². The molecular formula is C7H5F11O. The van der Waals surface area contributed by atoms with Crippen molar-refractivity contribution >= 4 is 0 Å². The summed E-state index contributed by atoms with van der Waals surface area (Å²) in [7, 11) is 0. The van der Waals surface area contributed by atoms with Crippen LogP contribution < -0.4 is 0 Å². The molecule has 19 heavy (non-hydrogen) atoms. The summed E-state index contributed by atoms with van der Waals surface area (Å²) in [5, 5.41) is 7.93. The van der Waals surface area contributed by atoms with Crippen LogP contribution >= 0.6 is 0 Å². The Balaban J connectivity index is 5.77. The van der Waals surface area contributed by atoms with Gasteiger partial charge in [0.25, 0.3) is 0 Å². The maximum absolute atomic E-state index is 12.6. The molecule has 0 heterocycles. The van der Waals surface area contributed by atoms with Gasteiger partial charge in [0.2, 0.25) is 0 Å². The zero-order chi connectivity index (χ0) is 15.9. The Morgan fingerprint density at radius 2 is 0.947 bits per heavy atom. The molecule has 0 rings (SSSR count). The van der Waals surface area contributed by atoms with Gasteiger partial charge in [-0.1, -0.05) is 0 Å². The van der Waals surface area contributed by atoms with Crippen molar-refractivity contribution < 1.29 is 53.4 Å². The average Bonchev–Trinajstić information content (AvgIpc) is 2.14. The Kier molecular flexibility index (Phi) is 4.43. The van der Waals surface area contributed by atoms with Crippen LogP contribution in [-0.2, 0) is 0 Å². The van der Waals surface area contributed by atoms with Gasteiger partial charge >= 0.3 is 29.9 Å². The highest BCUT2D eigenvalue weighted by Crippen LogP contribution is 2.57. The van der Waals surface area contributed by atoms with E-state index in [0.717, 1.165) is 0 Å². The fourth-order valence-electron chi connectivity index (χ4n) is 0.902. The standard InChI is InChI=1S/C7H5F11O/c8-3(9,1-2-19)4(10,11)5(12,13)6(14,15)7(16,17)18/h19H,1-2H2. The molecule has 1 N–H and O–H groups in total. The smallest absolute Gasteiger partial charge is 0.396 e. The van der Waals surface area contributed by atoms with Crippen molar-refractivity contribution in [3.05, 3.63) is 0 Å². The summed E-state index contributed by atoms with van der Waals surface area (Å²) < 4.78 is 134. The van der Waals surface area contributed by atoms with Crippen molar-refractivity contribution in [1.29, 1.82) is 0 Å². The van der Waals surface area contributed by atoms with Crippen molar-refractivity contribution in [3.63, 3.8) is 0 Å². The fraction of sp³-hybridized carbons (Fsp3) is 1.00. The van der Waals surface area contributed by atoms with Crippen molar-refractivity contribution in [2.45, 2.75) is 36.3 Å². The summed E-state index contributed by atoms with van der Waals surface area (Å²) in [5.41, 5.74) is 0. The second kappa shape index (κ2) is 4.63. The van der Waals surface area contributed by atoms with Crippen LogP contribution in [0.1, 0.15) is 6.42 Å². The minimum Gasteiger partial charge on any atom is -0.396 e. The predicted octanol–water partition coefficient (Wildman–Crippen LogP) is 3.47. The van der Waals surface area contributed by atoms with Crippen LogP contribution in [0.25, 0.3) is 0 Å². The van der Waals surface area contributed by atoms with Crippen LogP contribution in [0.4, 0.5) is 48.3 Å². The molecular weight excluding hydrogens is 309 g/mol. The van der Waals surface area contributed by atoms with Crippen LogP contribution in [0.3, 0.4) is 0 Å². The molecule has 0 saturated carbocycles. The van der Waals surface area contributed by atoms with E-state index in [1.165, 1.54) is 0 Å². The SMILES string of the molecule is OCCC(F)(F)C(F)(F)C(F)(F)C(F)(F)C(F)(F)F. The molecule has 0 atom stereocenters. The van der Waals surface area contributed by atoms with Gasteiger partial charge in [0.05, 0.1) is 0 Å². The van der Waals surface area contributed by atoms with E-state index in [1.807, 2.05) is 0 Å². The molecule has 0 fully saturated rings. The predicted molar refractivity (Wildman–Crippen MR) is 37.5 cm³/mol. The number of halogens is 11. The lowest BCUT2D eigenvalue weighted by Crippen LogP contribution is -2.66. The van der Waals surface area contributed by atoms with Crippen LogP contribution in [0.5, 0.6) is 0 Å². The minimum absolute atomic E-state index is 1.82. The van der Waals surface area contributed by atoms with Crippen LogP contribution in [0.2, 0.25) is 0 Å². The maximum atomic E-state index is 12.6. The third-order valence-electron chi connectivity index (χ3n) is 2.03. The highest BCUT2D eigenvalue weighted by atomic mass is 19.4. The summed E-state index contributed by atoms with van der Waals surface area (Å²) >= 11 is 0. The van der Waals surface area contributed by atoms with Crippen molar-refractivity contribution in [2.75, 3.05) is 6.61 Å². The largest absolute Gasteiger partial charge is 0.460 e. The first-order valence-electron chi connectivity index (χ1n) is 4.25. The fourth-order valence-corrected chi connectivity index (χ4v) is 0.902. The van der Waals surface area contributed by atoms with Gasteiger partial charge in [-0.3, -0.25) is 0 Å². The Hall–Kier alpha value is -0.810. The summed E-state index contributed by atoms with van der Waals surface area (Å²) in [6, 6.07) is 0. The van der Waals surface area contributed by atoms with Gasteiger partial charge in [-0.05, 0) is 0 Å². The van der Waals surface area contributed by atoms with E-state index in [2.05, 4.69) is 0 Å². The monoisotopic (exact) mass is 314 g/mol. The highest BCUT2D eigenvalue weighted by molar-refractivity contribution is 5.06. The van der Waals surface area contributed by atoms with Gasteiger partial charge in [0.15, 0.2) is 0 Å². The van der Waals surface area contributed by atoms with Crippen molar-refractivity contribution in [2.24, 2.45) is 0 Å². The molecule has 0 radical (unpaired) electrons. The highest BCUT2D eigenvalue weighted by Gasteiger charge is 2.86. The number of aliphatic hydroxyl groups is 1. The summed E-state index contributed by atoms with van der Waals surface area (Å²) in [4.78, 5) is 0. The van der Waals surface area contributed by atoms with Gasteiger partial charge in [0.1, 0.15) is 0 Å². The summed E-state index contributed by atoms with van der Waals surface area (Å²) in [6.07, 6.45) is -9.57. The third-order valence-corrected chi connectivity index (χ3v) is 2.03. The third kappa shape index (κ3) is 2.58. The molecule has 1 nitrogen and oxygen atoms in total. The first-order chi connectivity index (χ1) is 8.06. The molecule has 0 bridgehead atoms. The molecule has 0 saturated heterocycles. The Bertz CT molecular complexity index is 317. The molecule has 0 aromatic heterocycles. The van der Waals surface area contributed by atoms with Crippen molar-refractivity contribution in [3.8, 4) is 0 Å². The second-order valence-electron chi connectivity index (χ2n) is 3.40. The van der Waals surface area contributed by atoms with E-state index in [0.29, 0.717) is 0 Å². The second-order valence-corrected chi connectivity index (χ2v) is 3.40. The average molecular weight is 314 g/mol. The maximum Gasteiger partial charge on any atom is 0.460 e. The summed E-state index contributed by atoms with van der Waals surface area (Å²) in [5.74, 6) is -27.7. The normalized spacial score (nSPS) is 15.8. The molecule has 0 aromatic carbocycles. The Labute approximate surface area is 97.5 Å².